The van der Waals surface area contributed by atoms with Gasteiger partial charge in [-0.1, -0.05) is 12.1 Å². The number of amides is 2. The molecule has 28 heavy (non-hydrogen) atoms. The number of aryl methyl sites for hydroxylation is 2. The zero-order valence-electron chi connectivity index (χ0n) is 16.3. The molecule has 1 heterocycles. The third-order valence-corrected chi connectivity index (χ3v) is 4.65. The summed E-state index contributed by atoms with van der Waals surface area (Å²) in [6.07, 6.45) is 2.14. The lowest BCUT2D eigenvalue weighted by Crippen LogP contribution is -2.31. The first kappa shape index (κ1) is 19.9. The normalized spacial score (nSPS) is 15.9. The summed E-state index contributed by atoms with van der Waals surface area (Å²) in [5, 5.41) is 5.65. The Morgan fingerprint density at radius 1 is 1.14 bits per heavy atom. The summed E-state index contributed by atoms with van der Waals surface area (Å²) in [6, 6.07) is 12.7. The Labute approximate surface area is 165 Å². The van der Waals surface area contributed by atoms with Gasteiger partial charge in [-0.3, -0.25) is 9.59 Å². The van der Waals surface area contributed by atoms with Crippen molar-refractivity contribution in [1.82, 2.24) is 5.32 Å². The number of hydrogen-bond donors (Lipinski definition) is 2. The molecule has 0 spiro atoms. The average molecular weight is 382 g/mol. The molecular formula is C22H26N2O4. The Kier molecular flexibility index (Phi) is 6.66. The fraction of sp³-hybridized carbons (Fsp3) is 0.364. The molecule has 1 aliphatic heterocycles. The largest absolute Gasteiger partial charge is 0.483 e. The second-order valence-corrected chi connectivity index (χ2v) is 7.03. The molecule has 0 radical (unpaired) electrons. The maximum atomic E-state index is 12.2. The van der Waals surface area contributed by atoms with E-state index in [4.69, 9.17) is 9.47 Å². The van der Waals surface area contributed by atoms with Gasteiger partial charge in [-0.2, -0.15) is 0 Å². The summed E-state index contributed by atoms with van der Waals surface area (Å²) in [5.41, 5.74) is 3.22. The van der Waals surface area contributed by atoms with Crippen LogP contribution in [-0.2, 0) is 9.53 Å². The first-order valence-electron chi connectivity index (χ1n) is 9.51. The third kappa shape index (κ3) is 5.57. The van der Waals surface area contributed by atoms with Gasteiger partial charge in [-0.05, 0) is 68.1 Å². The maximum absolute atomic E-state index is 12.2. The van der Waals surface area contributed by atoms with E-state index in [1.165, 1.54) is 0 Å². The molecule has 0 saturated carbocycles. The van der Waals surface area contributed by atoms with E-state index in [9.17, 15) is 9.59 Å². The molecule has 2 aromatic carbocycles. The van der Waals surface area contributed by atoms with Gasteiger partial charge in [0.2, 0.25) is 0 Å². The maximum Gasteiger partial charge on any atom is 0.262 e. The minimum Gasteiger partial charge on any atom is -0.483 e. The topological polar surface area (TPSA) is 76.7 Å². The minimum absolute atomic E-state index is 0.0755. The van der Waals surface area contributed by atoms with E-state index in [1.807, 2.05) is 32.0 Å². The number of hydrogen-bond acceptors (Lipinski definition) is 4. The summed E-state index contributed by atoms with van der Waals surface area (Å²) in [7, 11) is 0. The Morgan fingerprint density at radius 3 is 2.64 bits per heavy atom. The Bertz CT molecular complexity index is 827. The molecule has 6 heteroatoms. The van der Waals surface area contributed by atoms with Gasteiger partial charge in [-0.25, -0.2) is 0 Å². The van der Waals surface area contributed by atoms with Crippen molar-refractivity contribution in [2.24, 2.45) is 0 Å². The minimum atomic E-state index is -0.253. The van der Waals surface area contributed by atoms with Crippen LogP contribution in [0.3, 0.4) is 0 Å². The van der Waals surface area contributed by atoms with Crippen molar-refractivity contribution < 1.29 is 19.1 Å². The highest BCUT2D eigenvalue weighted by Gasteiger charge is 2.16. The summed E-state index contributed by atoms with van der Waals surface area (Å²) >= 11 is 0. The Hall–Kier alpha value is -2.86. The predicted molar refractivity (Wildman–Crippen MR) is 108 cm³/mol. The summed E-state index contributed by atoms with van der Waals surface area (Å²) in [5.74, 6) is 0.302. The van der Waals surface area contributed by atoms with E-state index < -0.39 is 0 Å². The molecular weight excluding hydrogens is 356 g/mol. The predicted octanol–water partition coefficient (Wildman–Crippen LogP) is 3.23. The van der Waals surface area contributed by atoms with E-state index in [1.54, 1.807) is 24.3 Å². The van der Waals surface area contributed by atoms with Crippen molar-refractivity contribution >= 4 is 17.5 Å². The Balaban J connectivity index is 1.47. The van der Waals surface area contributed by atoms with Crippen LogP contribution in [0.25, 0.3) is 0 Å². The van der Waals surface area contributed by atoms with Gasteiger partial charge >= 0.3 is 0 Å². The fourth-order valence-corrected chi connectivity index (χ4v) is 3.02. The first-order valence-corrected chi connectivity index (χ1v) is 9.51. The smallest absolute Gasteiger partial charge is 0.262 e. The summed E-state index contributed by atoms with van der Waals surface area (Å²) < 4.78 is 11.1. The van der Waals surface area contributed by atoms with E-state index in [0.29, 0.717) is 23.5 Å². The van der Waals surface area contributed by atoms with E-state index in [0.717, 1.165) is 30.6 Å². The number of nitrogens with one attached hydrogen (secondary N) is 2. The van der Waals surface area contributed by atoms with Crippen LogP contribution in [0, 0.1) is 13.8 Å². The third-order valence-electron chi connectivity index (χ3n) is 4.65. The number of ether oxygens (including phenoxy) is 2. The SMILES string of the molecule is Cc1ccc(C)c(OCC(=O)Nc2ccc(C(=O)NCC3CCCO3)cc2)c1. The highest BCUT2D eigenvalue weighted by molar-refractivity contribution is 5.96. The standard InChI is InChI=1S/C22H26N2O4/c1-15-5-6-16(2)20(12-15)28-14-21(25)24-18-9-7-17(8-10-18)22(26)23-13-19-4-3-11-27-19/h5-10,12,19H,3-4,11,13-14H2,1-2H3,(H,23,26)(H,24,25). The summed E-state index contributed by atoms with van der Waals surface area (Å²) in [4.78, 5) is 24.3. The molecule has 0 aromatic heterocycles. The molecule has 148 valence electrons. The van der Waals surface area contributed by atoms with Gasteiger partial charge in [0, 0.05) is 24.4 Å². The van der Waals surface area contributed by atoms with Crippen LogP contribution in [-0.4, -0.2) is 37.7 Å². The number of benzene rings is 2. The first-order chi connectivity index (χ1) is 13.5. The van der Waals surface area contributed by atoms with Crippen LogP contribution in [0.2, 0.25) is 0 Å². The van der Waals surface area contributed by atoms with E-state index in [2.05, 4.69) is 10.6 Å². The van der Waals surface area contributed by atoms with Gasteiger partial charge in [0.15, 0.2) is 6.61 Å². The lowest BCUT2D eigenvalue weighted by Gasteiger charge is -2.12. The lowest BCUT2D eigenvalue weighted by atomic mass is 10.1. The van der Waals surface area contributed by atoms with Gasteiger partial charge in [0.25, 0.3) is 11.8 Å². The number of anilines is 1. The van der Waals surface area contributed by atoms with Crippen molar-refractivity contribution in [1.29, 1.82) is 0 Å². The molecule has 1 atom stereocenters. The second-order valence-electron chi connectivity index (χ2n) is 7.03. The van der Waals surface area contributed by atoms with Crippen molar-refractivity contribution in [2.45, 2.75) is 32.8 Å². The average Bonchev–Trinajstić information content (AvgIpc) is 3.21. The molecule has 6 nitrogen and oxygen atoms in total. The van der Waals surface area contributed by atoms with Crippen molar-refractivity contribution in [3.63, 3.8) is 0 Å². The zero-order chi connectivity index (χ0) is 19.9. The molecule has 2 amide bonds. The van der Waals surface area contributed by atoms with Crippen LogP contribution in [0.5, 0.6) is 5.75 Å². The van der Waals surface area contributed by atoms with Gasteiger partial charge in [0.1, 0.15) is 5.75 Å². The van der Waals surface area contributed by atoms with Gasteiger partial charge in [0.05, 0.1) is 6.10 Å². The summed E-state index contributed by atoms with van der Waals surface area (Å²) in [6.45, 7) is 5.13. The molecule has 3 rings (SSSR count). The molecule has 2 N–H and O–H groups in total. The Morgan fingerprint density at radius 2 is 1.93 bits per heavy atom. The quantitative estimate of drug-likeness (QED) is 0.771. The van der Waals surface area contributed by atoms with Crippen LogP contribution in [0.15, 0.2) is 42.5 Å². The monoisotopic (exact) mass is 382 g/mol. The van der Waals surface area contributed by atoms with E-state index in [-0.39, 0.29) is 24.5 Å². The second kappa shape index (κ2) is 9.37. The fourth-order valence-electron chi connectivity index (χ4n) is 3.02. The lowest BCUT2D eigenvalue weighted by molar-refractivity contribution is -0.118. The molecule has 0 aliphatic carbocycles. The number of rotatable bonds is 7. The number of carbonyl (C=O) groups is 2. The van der Waals surface area contributed by atoms with Gasteiger partial charge < -0.3 is 20.1 Å². The van der Waals surface area contributed by atoms with Crippen LogP contribution in [0.4, 0.5) is 5.69 Å². The molecule has 1 fully saturated rings. The van der Waals surface area contributed by atoms with Crippen molar-refractivity contribution in [3.8, 4) is 5.75 Å². The van der Waals surface area contributed by atoms with Crippen LogP contribution in [0.1, 0.15) is 34.3 Å². The highest BCUT2D eigenvalue weighted by Crippen LogP contribution is 2.19. The number of carbonyl (C=O) groups excluding carboxylic acids is 2. The van der Waals surface area contributed by atoms with Crippen LogP contribution >= 0.6 is 0 Å². The molecule has 1 aliphatic rings. The van der Waals surface area contributed by atoms with Crippen molar-refractivity contribution in [2.75, 3.05) is 25.1 Å². The van der Waals surface area contributed by atoms with E-state index >= 15 is 0 Å². The zero-order valence-corrected chi connectivity index (χ0v) is 16.3. The molecule has 0 bridgehead atoms. The molecule has 1 unspecified atom stereocenters. The van der Waals surface area contributed by atoms with Crippen LogP contribution < -0.4 is 15.4 Å². The highest BCUT2D eigenvalue weighted by atomic mass is 16.5. The molecule has 2 aromatic rings. The molecule has 1 saturated heterocycles. The van der Waals surface area contributed by atoms with Crippen molar-refractivity contribution in [3.05, 3.63) is 59.2 Å². The van der Waals surface area contributed by atoms with Gasteiger partial charge in [-0.15, -0.1) is 0 Å².